The summed E-state index contributed by atoms with van der Waals surface area (Å²) in [6, 6.07) is 17.1. The number of likely N-dealkylation sites (tertiary alicyclic amines) is 1. The molecule has 0 amide bonds. The van der Waals surface area contributed by atoms with Crippen LogP contribution in [0.3, 0.4) is 0 Å². The van der Waals surface area contributed by atoms with Crippen molar-refractivity contribution in [2.45, 2.75) is 17.9 Å². The Bertz CT molecular complexity index is 1030. The fourth-order valence-corrected chi connectivity index (χ4v) is 4.09. The van der Waals surface area contributed by atoms with Gasteiger partial charge in [-0.25, -0.2) is 0 Å². The zero-order valence-corrected chi connectivity index (χ0v) is 16.7. The van der Waals surface area contributed by atoms with Crippen molar-refractivity contribution in [2.75, 3.05) is 20.1 Å². The molecule has 1 saturated heterocycles. The Morgan fingerprint density at radius 3 is 2.74 bits per heavy atom. The van der Waals surface area contributed by atoms with Gasteiger partial charge >= 0.3 is 0 Å². The first kappa shape index (κ1) is 18.2. The Kier molecular flexibility index (Phi) is 5.53. The van der Waals surface area contributed by atoms with E-state index < -0.39 is 0 Å². The zero-order valence-electron chi connectivity index (χ0n) is 15.9. The van der Waals surface area contributed by atoms with Crippen LogP contribution in [0.2, 0.25) is 0 Å². The molecule has 1 fully saturated rings. The van der Waals surface area contributed by atoms with Crippen molar-refractivity contribution in [2.24, 2.45) is 7.05 Å². The fraction of sp³-hybridized carbons (Fsp3) is 0.273. The Hall–Kier alpha value is -2.21. The average molecular weight is 379 g/mol. The molecule has 0 saturated carbocycles. The Labute approximate surface area is 164 Å². The van der Waals surface area contributed by atoms with E-state index in [1.807, 2.05) is 13.2 Å². The van der Waals surface area contributed by atoms with Crippen LogP contribution >= 0.6 is 11.9 Å². The van der Waals surface area contributed by atoms with E-state index in [1.54, 1.807) is 11.9 Å². The predicted molar refractivity (Wildman–Crippen MR) is 116 cm³/mol. The molecule has 140 valence electrons. The molecule has 27 heavy (non-hydrogen) atoms. The largest absolute Gasteiger partial charge is 0.361 e. The molecule has 1 aliphatic heterocycles. The Morgan fingerprint density at radius 1 is 1.11 bits per heavy atom. The molecule has 0 unspecified atom stereocenters. The van der Waals surface area contributed by atoms with E-state index in [9.17, 15) is 0 Å². The highest BCUT2D eigenvalue weighted by Gasteiger charge is 2.16. The molecule has 0 bridgehead atoms. The number of hydrogen-bond donors (Lipinski definition) is 2. The number of aromatic amines is 1. The van der Waals surface area contributed by atoms with Gasteiger partial charge in [0.1, 0.15) is 0 Å². The van der Waals surface area contributed by atoms with Gasteiger partial charge in [0.05, 0.1) is 0 Å². The van der Waals surface area contributed by atoms with Crippen molar-refractivity contribution in [1.29, 1.82) is 0 Å². The normalized spacial score (nSPS) is 14.1. The molecule has 1 aliphatic rings. The average Bonchev–Trinajstić information content (AvgIpc) is 3.24. The smallest absolute Gasteiger partial charge is 0.0481 e. The molecule has 5 rings (SSSR count). The molecule has 0 aliphatic carbocycles. The van der Waals surface area contributed by atoms with E-state index in [2.05, 4.69) is 80.9 Å². The van der Waals surface area contributed by atoms with Crippen LogP contribution in [0.1, 0.15) is 12.0 Å². The molecule has 3 heterocycles. The fourth-order valence-electron chi connectivity index (χ4n) is 3.54. The Morgan fingerprint density at radius 2 is 1.96 bits per heavy atom. The van der Waals surface area contributed by atoms with Gasteiger partial charge in [0, 0.05) is 47.3 Å². The number of nitrogens with one attached hydrogen (secondary N) is 2. The number of benzene rings is 2. The highest BCUT2D eigenvalue weighted by molar-refractivity contribution is 7.97. The van der Waals surface area contributed by atoms with Crippen LogP contribution in [0.25, 0.3) is 21.8 Å². The number of fused-ring (bicyclic) bond motifs is 2. The molecular formula is C22H26N4S. The van der Waals surface area contributed by atoms with Gasteiger partial charge in [0.15, 0.2) is 0 Å². The minimum atomic E-state index is 1.11. The molecule has 2 N–H and O–H groups in total. The highest BCUT2D eigenvalue weighted by Crippen LogP contribution is 2.23. The quantitative estimate of drug-likeness (QED) is 0.502. The number of aromatic nitrogens is 2. The highest BCUT2D eigenvalue weighted by atomic mass is 32.2. The maximum Gasteiger partial charge on any atom is 0.0481 e. The minimum Gasteiger partial charge on any atom is -0.361 e. The third kappa shape index (κ3) is 4.05. The van der Waals surface area contributed by atoms with Gasteiger partial charge in [-0.1, -0.05) is 24.3 Å². The lowest BCUT2D eigenvalue weighted by molar-refractivity contribution is 0.173. The molecule has 0 atom stereocenters. The maximum absolute atomic E-state index is 3.18. The summed E-state index contributed by atoms with van der Waals surface area (Å²) in [5, 5.41) is 2.67. The van der Waals surface area contributed by atoms with Crippen molar-refractivity contribution in [3.8, 4) is 0 Å². The van der Waals surface area contributed by atoms with Crippen LogP contribution in [0.5, 0.6) is 0 Å². The standard InChI is InChI=1S/C13H16N2.C9H10N2S/c1-14-9-11(10-15-7-4-8-15)12-5-2-3-6-13(12)14;1-10-12-8-3-2-7-4-5-11-9(7)6-8/h2-3,5-6,9H,4,7-8,10H2,1H3;2-6,10-11H,1H3. The lowest BCUT2D eigenvalue weighted by Crippen LogP contribution is -2.36. The molecule has 2 aromatic carbocycles. The topological polar surface area (TPSA) is 36.0 Å². The second-order valence-corrected chi connectivity index (χ2v) is 8.03. The van der Waals surface area contributed by atoms with Gasteiger partial charge in [-0.05, 0) is 73.7 Å². The summed E-state index contributed by atoms with van der Waals surface area (Å²) in [4.78, 5) is 6.91. The van der Waals surface area contributed by atoms with E-state index in [0.29, 0.717) is 0 Å². The third-order valence-electron chi connectivity index (χ3n) is 5.07. The van der Waals surface area contributed by atoms with Crippen LogP contribution in [-0.2, 0) is 13.6 Å². The van der Waals surface area contributed by atoms with Crippen molar-refractivity contribution in [1.82, 2.24) is 19.2 Å². The van der Waals surface area contributed by atoms with Gasteiger partial charge in [-0.15, -0.1) is 0 Å². The number of aryl methyl sites for hydroxylation is 1. The first-order valence-electron chi connectivity index (χ1n) is 9.40. The Balaban J connectivity index is 0.000000137. The van der Waals surface area contributed by atoms with Crippen LogP contribution in [-0.4, -0.2) is 34.6 Å². The number of rotatable bonds is 4. The molecule has 5 heteroatoms. The minimum absolute atomic E-state index is 1.11. The van der Waals surface area contributed by atoms with Crippen LogP contribution < -0.4 is 4.72 Å². The van der Waals surface area contributed by atoms with Gasteiger partial charge in [-0.3, -0.25) is 9.62 Å². The monoisotopic (exact) mass is 378 g/mol. The van der Waals surface area contributed by atoms with Crippen LogP contribution in [0.15, 0.2) is 65.8 Å². The number of hydrogen-bond acceptors (Lipinski definition) is 3. The first-order valence-corrected chi connectivity index (χ1v) is 10.2. The van der Waals surface area contributed by atoms with E-state index in [0.717, 1.165) is 6.54 Å². The summed E-state index contributed by atoms with van der Waals surface area (Å²) in [7, 11) is 4.05. The SMILES string of the molecule is CNSc1ccc2cc[nH]c2c1.Cn1cc(CN2CCC2)c2ccccc21. The van der Waals surface area contributed by atoms with Gasteiger partial charge in [0.25, 0.3) is 0 Å². The van der Waals surface area contributed by atoms with Gasteiger partial charge in [-0.2, -0.15) is 0 Å². The summed E-state index contributed by atoms with van der Waals surface area (Å²) < 4.78 is 5.27. The molecule has 4 aromatic rings. The second kappa shape index (κ2) is 8.21. The van der Waals surface area contributed by atoms with Gasteiger partial charge in [0.2, 0.25) is 0 Å². The van der Waals surface area contributed by atoms with Crippen LogP contribution in [0.4, 0.5) is 0 Å². The van der Waals surface area contributed by atoms with Crippen molar-refractivity contribution < 1.29 is 0 Å². The number of para-hydroxylation sites is 1. The number of H-pyrrole nitrogens is 1. The molecule has 0 radical (unpaired) electrons. The molecule has 2 aromatic heterocycles. The summed E-state index contributed by atoms with van der Waals surface area (Å²) in [6.45, 7) is 3.65. The molecular weight excluding hydrogens is 352 g/mol. The van der Waals surface area contributed by atoms with Crippen molar-refractivity contribution in [3.05, 3.63) is 66.5 Å². The van der Waals surface area contributed by atoms with E-state index in [4.69, 9.17) is 0 Å². The zero-order chi connectivity index (χ0) is 18.6. The van der Waals surface area contributed by atoms with E-state index >= 15 is 0 Å². The second-order valence-electron chi connectivity index (χ2n) is 6.95. The lowest BCUT2D eigenvalue weighted by Gasteiger charge is -2.30. The van der Waals surface area contributed by atoms with Gasteiger partial charge < -0.3 is 9.55 Å². The predicted octanol–water partition coefficient (Wildman–Crippen LogP) is 4.78. The van der Waals surface area contributed by atoms with Crippen molar-refractivity contribution in [3.63, 3.8) is 0 Å². The summed E-state index contributed by atoms with van der Waals surface area (Å²) in [5.41, 5.74) is 4.00. The lowest BCUT2D eigenvalue weighted by atomic mass is 10.1. The number of nitrogens with zero attached hydrogens (tertiary/aromatic N) is 2. The van der Waals surface area contributed by atoms with Crippen molar-refractivity contribution >= 4 is 33.8 Å². The maximum atomic E-state index is 3.18. The summed E-state index contributed by atoms with van der Waals surface area (Å²) in [6.07, 6.45) is 5.59. The summed E-state index contributed by atoms with van der Waals surface area (Å²) in [5.74, 6) is 0. The van der Waals surface area contributed by atoms with E-state index in [-0.39, 0.29) is 0 Å². The first-order chi connectivity index (χ1) is 13.2. The molecule has 4 nitrogen and oxygen atoms in total. The van der Waals surface area contributed by atoms with E-state index in [1.165, 1.54) is 51.8 Å². The van der Waals surface area contributed by atoms with Crippen LogP contribution in [0, 0.1) is 0 Å². The summed E-state index contributed by atoms with van der Waals surface area (Å²) >= 11 is 1.62. The molecule has 0 spiro atoms. The third-order valence-corrected chi connectivity index (χ3v) is 5.76.